The molecule has 0 heterocycles. The second kappa shape index (κ2) is 53.1. The van der Waals surface area contributed by atoms with E-state index in [1.807, 2.05) is 24.9 Å². The van der Waals surface area contributed by atoms with E-state index in [0.29, 0.717) is 26.1 Å². The van der Waals surface area contributed by atoms with Gasteiger partial charge in [-0.3, -0.25) is 9.59 Å². The van der Waals surface area contributed by atoms with Crippen LogP contribution in [0.15, 0.2) is 0 Å². The molecule has 0 saturated heterocycles. The van der Waals surface area contributed by atoms with Gasteiger partial charge in [0.15, 0.2) is 0 Å². The molecule has 0 spiro atoms. The van der Waals surface area contributed by atoms with Crippen LogP contribution in [0.2, 0.25) is 0 Å². The Morgan fingerprint density at radius 2 is 0.984 bits per heavy atom. The maximum absolute atomic E-state index is 12.4. The Balaban J connectivity index is 0. The van der Waals surface area contributed by atoms with Crippen LogP contribution >= 0.6 is 21.6 Å². The van der Waals surface area contributed by atoms with Crippen LogP contribution in [0.3, 0.4) is 0 Å². The van der Waals surface area contributed by atoms with Crippen molar-refractivity contribution in [3.05, 3.63) is 0 Å². The highest BCUT2D eigenvalue weighted by Crippen LogP contribution is 2.22. The fourth-order valence-electron chi connectivity index (χ4n) is 6.59. The van der Waals surface area contributed by atoms with Gasteiger partial charge in [-0.25, -0.2) is 5.48 Å². The van der Waals surface area contributed by atoms with Gasteiger partial charge in [0, 0.05) is 50.7 Å². The van der Waals surface area contributed by atoms with Crippen molar-refractivity contribution in [1.29, 1.82) is 0 Å². The summed E-state index contributed by atoms with van der Waals surface area (Å²) in [7, 11) is 16.2. The molecule has 0 radical (unpaired) electrons. The van der Waals surface area contributed by atoms with Crippen LogP contribution in [0.25, 0.3) is 0 Å². The summed E-state index contributed by atoms with van der Waals surface area (Å²) < 4.78 is 6.12. The molecule has 1 unspecified atom stereocenters. The Hall–Kier alpha value is -0.840. The number of amides is 2. The van der Waals surface area contributed by atoms with E-state index in [-0.39, 0.29) is 24.5 Å². The van der Waals surface area contributed by atoms with Crippen molar-refractivity contribution in [3.8, 4) is 0 Å². The smallest absolute Gasteiger partial charge is 0.246 e. The van der Waals surface area contributed by atoms with Crippen LogP contribution in [0, 0.1) is 0 Å². The molecule has 64 heavy (non-hydrogen) atoms. The molecule has 0 bridgehead atoms. The zero-order chi connectivity index (χ0) is 47.6. The summed E-state index contributed by atoms with van der Waals surface area (Å²) in [5, 5.41) is 12.5. The zero-order valence-corrected chi connectivity index (χ0v) is 43.8. The first-order chi connectivity index (χ1) is 31.1. The average Bonchev–Trinajstić information content (AvgIpc) is 3.28. The first-order valence-electron chi connectivity index (χ1n) is 25.0. The van der Waals surface area contributed by atoms with Gasteiger partial charge in [0.05, 0.1) is 12.7 Å². The minimum Gasteiger partial charge on any atom is -0.367 e. The fraction of sp³-hybridized carbons (Fsp3) is 0.957. The first kappa shape index (κ1) is 65.2. The van der Waals surface area contributed by atoms with Gasteiger partial charge in [-0.15, -0.1) is 0 Å². The molecule has 0 aromatic carbocycles. The van der Waals surface area contributed by atoms with E-state index in [9.17, 15) is 9.59 Å². The Bertz CT molecular complexity index is 967. The summed E-state index contributed by atoms with van der Waals surface area (Å²) in [5.74, 6) is 1.89. The van der Waals surface area contributed by atoms with E-state index in [1.165, 1.54) is 38.6 Å². The molecule has 0 aromatic heterocycles. The summed E-state index contributed by atoms with van der Waals surface area (Å²) >= 11 is 0. The Morgan fingerprint density at radius 1 is 0.516 bits per heavy atom. The molecule has 2 amide bonds. The van der Waals surface area contributed by atoms with Crippen LogP contribution in [0.5, 0.6) is 0 Å². The lowest BCUT2D eigenvalue weighted by Crippen LogP contribution is -2.38. The highest BCUT2D eigenvalue weighted by atomic mass is 33.1. The molecule has 384 valence electrons. The van der Waals surface area contributed by atoms with Gasteiger partial charge in [0.25, 0.3) is 0 Å². The summed E-state index contributed by atoms with van der Waals surface area (Å²) in [4.78, 5) is 39.8. The summed E-state index contributed by atoms with van der Waals surface area (Å²) in [5.41, 5.74) is 19.2. The highest BCUT2D eigenvalue weighted by molar-refractivity contribution is 8.76. The maximum atomic E-state index is 12.4. The van der Waals surface area contributed by atoms with Gasteiger partial charge in [-0.2, -0.15) is 0 Å². The van der Waals surface area contributed by atoms with Crippen molar-refractivity contribution in [2.75, 3.05) is 172 Å². The largest absolute Gasteiger partial charge is 0.367 e. The van der Waals surface area contributed by atoms with Gasteiger partial charge in [0.1, 0.15) is 6.61 Å². The summed E-state index contributed by atoms with van der Waals surface area (Å²) in [6, 6.07) is 0. The Kier molecular flexibility index (Phi) is 54.2. The van der Waals surface area contributed by atoms with E-state index >= 15 is 0 Å². The van der Waals surface area contributed by atoms with Crippen molar-refractivity contribution < 1.29 is 19.2 Å². The molecular formula is C46H104N12O4S2. The predicted molar refractivity (Wildman–Crippen MR) is 278 cm³/mol. The minimum atomic E-state index is -0.0489. The van der Waals surface area contributed by atoms with Crippen LogP contribution in [-0.2, 0) is 19.2 Å². The topological polar surface area (TPSA) is 204 Å². The zero-order valence-electron chi connectivity index (χ0n) is 42.2. The van der Waals surface area contributed by atoms with Crippen molar-refractivity contribution in [1.82, 2.24) is 46.3 Å². The molecule has 1 atom stereocenters. The number of likely N-dealkylation sites (N-methyl/N-ethyl adjacent to an activating group) is 1. The van der Waals surface area contributed by atoms with Gasteiger partial charge in [-0.05, 0) is 191 Å². The number of nitrogens with two attached hydrogens (primary N) is 3. The van der Waals surface area contributed by atoms with Crippen LogP contribution < -0.4 is 43.9 Å². The van der Waals surface area contributed by atoms with E-state index < -0.39 is 0 Å². The lowest BCUT2D eigenvalue weighted by atomic mass is 10.2. The number of hydrogen-bond donors (Lipinski definition) is 8. The highest BCUT2D eigenvalue weighted by Gasteiger charge is 2.16. The van der Waals surface area contributed by atoms with Crippen molar-refractivity contribution in [3.63, 3.8) is 0 Å². The van der Waals surface area contributed by atoms with E-state index in [2.05, 4.69) is 74.5 Å². The van der Waals surface area contributed by atoms with Crippen molar-refractivity contribution in [2.24, 2.45) is 17.2 Å². The second-order valence-corrected chi connectivity index (χ2v) is 19.8. The predicted octanol–water partition coefficient (Wildman–Crippen LogP) is 3.17. The van der Waals surface area contributed by atoms with Gasteiger partial charge in [0.2, 0.25) is 11.8 Å². The number of nitrogens with one attached hydrogen (secondary N) is 5. The van der Waals surface area contributed by atoms with Crippen LogP contribution in [-0.4, -0.2) is 209 Å². The molecular weight excluding hydrogens is 849 g/mol. The maximum Gasteiger partial charge on any atom is 0.246 e. The molecule has 0 rings (SSSR count). The minimum absolute atomic E-state index is 0.0229. The quantitative estimate of drug-likeness (QED) is 0.0251. The fourth-order valence-corrected chi connectivity index (χ4v) is 8.64. The summed E-state index contributed by atoms with van der Waals surface area (Å²) in [6.45, 7) is 15.6. The van der Waals surface area contributed by atoms with Crippen LogP contribution in [0.4, 0.5) is 0 Å². The molecule has 11 N–H and O–H groups in total. The monoisotopic (exact) mass is 953 g/mol. The SMILES string of the molecule is CNCCCN(C)CCCCN(C)CCCNOCCCSSCCC(=O)NCCCN(C)CCC(CN(C)CCCNC)OCC(=O)NCCCCCCN.NCCCCCCN. The lowest BCUT2D eigenvalue weighted by molar-refractivity contribution is -0.128. The number of ether oxygens (including phenoxy) is 1. The molecule has 18 heteroatoms. The number of hydroxylamine groups is 1. The third kappa shape index (κ3) is 52.1. The number of carbonyl (C=O) groups excluding carboxylic acids is 2. The molecule has 0 aliphatic carbocycles. The average molecular weight is 954 g/mol. The van der Waals surface area contributed by atoms with Gasteiger partial charge in [-0.1, -0.05) is 47.3 Å². The number of rotatable bonds is 49. The third-order valence-corrected chi connectivity index (χ3v) is 13.1. The normalized spacial score (nSPS) is 12.1. The standard InChI is InChI=1S/C40H88N10O4S2.C6H16N2/c1-42-21-13-28-47(3)26-11-12-27-48(4)30-16-25-46-54-33-17-34-55-56-35-19-39(51)44-24-15-29-49(5)32-18-38(36-50(6)31-14-22-43-2)53-37-40(52)45-23-10-8-7-9-20-41;7-5-3-1-2-4-6-8/h38,42-43,46H,7-37,41H2,1-6H3,(H,44,51)(H,45,52);1-8H2. The Labute approximate surface area is 401 Å². The van der Waals surface area contributed by atoms with Gasteiger partial charge >= 0.3 is 0 Å². The first-order valence-corrected chi connectivity index (χ1v) is 27.5. The summed E-state index contributed by atoms with van der Waals surface area (Å²) in [6.07, 6.45) is 18.1. The number of nitrogens with zero attached hydrogens (tertiary/aromatic N) is 4. The van der Waals surface area contributed by atoms with Crippen molar-refractivity contribution >= 4 is 33.4 Å². The second-order valence-electron chi connectivity index (χ2n) is 17.1. The molecule has 0 aromatic rings. The van der Waals surface area contributed by atoms with E-state index in [0.717, 1.165) is 167 Å². The van der Waals surface area contributed by atoms with Crippen LogP contribution in [0.1, 0.15) is 109 Å². The third-order valence-electron chi connectivity index (χ3n) is 10.6. The number of hydrogen-bond acceptors (Lipinski definition) is 16. The molecule has 0 fully saturated rings. The van der Waals surface area contributed by atoms with Gasteiger partial charge < -0.3 is 67.6 Å². The molecule has 0 saturated carbocycles. The van der Waals surface area contributed by atoms with Crippen molar-refractivity contribution in [2.45, 2.75) is 115 Å². The number of carbonyl (C=O) groups is 2. The molecule has 0 aliphatic heterocycles. The number of unbranched alkanes of at least 4 members (excludes halogenated alkanes) is 7. The van der Waals surface area contributed by atoms with E-state index in [4.69, 9.17) is 26.8 Å². The van der Waals surface area contributed by atoms with E-state index in [1.54, 1.807) is 10.8 Å². The molecule has 16 nitrogen and oxygen atoms in total. The Morgan fingerprint density at radius 3 is 1.56 bits per heavy atom. The lowest BCUT2D eigenvalue weighted by Gasteiger charge is -2.26. The molecule has 0 aliphatic rings.